The van der Waals surface area contributed by atoms with Crippen molar-refractivity contribution in [3.8, 4) is 0 Å². The van der Waals surface area contributed by atoms with Crippen molar-refractivity contribution >= 4 is 11.7 Å². The third-order valence-corrected chi connectivity index (χ3v) is 3.62. The molecule has 4 N–H and O–H groups in total. The molecule has 4 nitrogen and oxygen atoms in total. The summed E-state index contributed by atoms with van der Waals surface area (Å²) in [4.78, 5) is 11.7. The lowest BCUT2D eigenvalue weighted by atomic mass is 10.1. The number of amides is 2. The maximum Gasteiger partial charge on any atom is 0.315 e. The van der Waals surface area contributed by atoms with Crippen LogP contribution in [0.5, 0.6) is 0 Å². The van der Waals surface area contributed by atoms with E-state index in [1.54, 1.807) is 0 Å². The van der Waals surface area contributed by atoms with E-state index in [1.807, 2.05) is 25.1 Å². The van der Waals surface area contributed by atoms with Crippen molar-refractivity contribution in [3.63, 3.8) is 0 Å². The van der Waals surface area contributed by atoms with Gasteiger partial charge in [0.05, 0.1) is 0 Å². The summed E-state index contributed by atoms with van der Waals surface area (Å²) in [6.45, 7) is 2.50. The number of nitrogens with one attached hydrogen (secondary N) is 2. The number of hydrogen-bond donors (Lipinski definition) is 3. The molecule has 0 atom stereocenters. The number of nitrogens with two attached hydrogens (primary N) is 1. The van der Waals surface area contributed by atoms with E-state index in [2.05, 4.69) is 10.6 Å². The van der Waals surface area contributed by atoms with E-state index >= 15 is 0 Å². The SMILES string of the molecule is Cc1c(N)cccc1CNC(=O)NC1CCCC1. The maximum atomic E-state index is 11.7. The lowest BCUT2D eigenvalue weighted by molar-refractivity contribution is 0.236. The number of rotatable bonds is 3. The zero-order chi connectivity index (χ0) is 13.0. The van der Waals surface area contributed by atoms with Gasteiger partial charge in [-0.05, 0) is 37.0 Å². The third kappa shape index (κ3) is 3.15. The fraction of sp³-hybridized carbons (Fsp3) is 0.500. The fourth-order valence-corrected chi connectivity index (χ4v) is 2.38. The molecule has 1 fully saturated rings. The number of nitrogen functional groups attached to an aromatic ring is 1. The number of benzene rings is 1. The quantitative estimate of drug-likeness (QED) is 0.718. The summed E-state index contributed by atoms with van der Waals surface area (Å²) < 4.78 is 0. The molecule has 18 heavy (non-hydrogen) atoms. The number of carbonyl (C=O) groups excluding carboxylic acids is 1. The zero-order valence-corrected chi connectivity index (χ0v) is 10.8. The van der Waals surface area contributed by atoms with Gasteiger partial charge in [0.1, 0.15) is 0 Å². The van der Waals surface area contributed by atoms with Crippen molar-refractivity contribution in [2.24, 2.45) is 0 Å². The van der Waals surface area contributed by atoms with Crippen LogP contribution >= 0.6 is 0 Å². The minimum absolute atomic E-state index is 0.0799. The number of hydrogen-bond acceptors (Lipinski definition) is 2. The van der Waals surface area contributed by atoms with Crippen LogP contribution in [0.1, 0.15) is 36.8 Å². The van der Waals surface area contributed by atoms with Crippen molar-refractivity contribution in [1.29, 1.82) is 0 Å². The highest BCUT2D eigenvalue weighted by molar-refractivity contribution is 5.74. The van der Waals surface area contributed by atoms with Crippen molar-refractivity contribution in [2.45, 2.75) is 45.2 Å². The average molecular weight is 247 g/mol. The molecule has 0 heterocycles. The molecule has 4 heteroatoms. The predicted molar refractivity (Wildman–Crippen MR) is 73.2 cm³/mol. The monoisotopic (exact) mass is 247 g/mol. The first kappa shape index (κ1) is 12.7. The van der Waals surface area contributed by atoms with Gasteiger partial charge < -0.3 is 16.4 Å². The minimum Gasteiger partial charge on any atom is -0.399 e. The highest BCUT2D eigenvalue weighted by Crippen LogP contribution is 2.17. The molecule has 1 aromatic carbocycles. The smallest absolute Gasteiger partial charge is 0.315 e. The van der Waals surface area contributed by atoms with Crippen LogP contribution < -0.4 is 16.4 Å². The van der Waals surface area contributed by atoms with Gasteiger partial charge in [0, 0.05) is 18.3 Å². The largest absolute Gasteiger partial charge is 0.399 e. The second-order valence-corrected chi connectivity index (χ2v) is 4.94. The van der Waals surface area contributed by atoms with Crippen molar-refractivity contribution in [3.05, 3.63) is 29.3 Å². The molecular formula is C14H21N3O. The van der Waals surface area contributed by atoms with Gasteiger partial charge in [0.2, 0.25) is 0 Å². The van der Waals surface area contributed by atoms with E-state index in [1.165, 1.54) is 12.8 Å². The van der Waals surface area contributed by atoms with Gasteiger partial charge >= 0.3 is 6.03 Å². The topological polar surface area (TPSA) is 67.1 Å². The Morgan fingerprint density at radius 2 is 2.11 bits per heavy atom. The Hall–Kier alpha value is -1.71. The van der Waals surface area contributed by atoms with Crippen LogP contribution in [-0.4, -0.2) is 12.1 Å². The molecule has 0 aromatic heterocycles. The average Bonchev–Trinajstić information content (AvgIpc) is 2.84. The van der Waals surface area contributed by atoms with Gasteiger partial charge in [-0.15, -0.1) is 0 Å². The van der Waals surface area contributed by atoms with Crippen LogP contribution in [0.3, 0.4) is 0 Å². The van der Waals surface area contributed by atoms with Crippen LogP contribution in [0.4, 0.5) is 10.5 Å². The van der Waals surface area contributed by atoms with Crippen LogP contribution in [0.25, 0.3) is 0 Å². The Balaban J connectivity index is 1.83. The van der Waals surface area contributed by atoms with Crippen LogP contribution in [0.2, 0.25) is 0 Å². The summed E-state index contributed by atoms with van der Waals surface area (Å²) >= 11 is 0. The molecule has 0 radical (unpaired) electrons. The van der Waals surface area contributed by atoms with Gasteiger partial charge in [-0.3, -0.25) is 0 Å². The molecule has 1 saturated carbocycles. The molecule has 0 spiro atoms. The zero-order valence-electron chi connectivity index (χ0n) is 10.8. The van der Waals surface area contributed by atoms with Crippen LogP contribution in [0.15, 0.2) is 18.2 Å². The van der Waals surface area contributed by atoms with Gasteiger partial charge in [-0.25, -0.2) is 4.79 Å². The Morgan fingerprint density at radius 1 is 1.39 bits per heavy atom. The summed E-state index contributed by atoms with van der Waals surface area (Å²) in [6.07, 6.45) is 4.65. The lowest BCUT2D eigenvalue weighted by Gasteiger charge is -2.14. The Bertz CT molecular complexity index is 425. The first-order valence-electron chi connectivity index (χ1n) is 6.55. The molecule has 0 bridgehead atoms. The Morgan fingerprint density at radius 3 is 2.83 bits per heavy atom. The summed E-state index contributed by atoms with van der Waals surface area (Å²) in [7, 11) is 0. The lowest BCUT2D eigenvalue weighted by Crippen LogP contribution is -2.40. The second kappa shape index (κ2) is 5.76. The van der Waals surface area contributed by atoms with Crippen molar-refractivity contribution < 1.29 is 4.79 Å². The standard InChI is InChI=1S/C14H21N3O/c1-10-11(5-4-8-13(10)15)9-16-14(18)17-12-6-2-3-7-12/h4-5,8,12H,2-3,6-7,9,15H2,1H3,(H2,16,17,18). The van der Waals surface area contributed by atoms with E-state index in [0.717, 1.165) is 29.7 Å². The molecule has 98 valence electrons. The van der Waals surface area contributed by atoms with Gasteiger partial charge in [0.15, 0.2) is 0 Å². The predicted octanol–water partition coefficient (Wildman–Crippen LogP) is 2.32. The summed E-state index contributed by atoms with van der Waals surface area (Å²) in [5, 5.41) is 5.89. The molecule has 1 aliphatic carbocycles. The minimum atomic E-state index is -0.0799. The molecule has 0 saturated heterocycles. The third-order valence-electron chi connectivity index (χ3n) is 3.62. The molecule has 0 aliphatic heterocycles. The van der Waals surface area contributed by atoms with Gasteiger partial charge in [-0.2, -0.15) is 0 Å². The molecule has 2 rings (SSSR count). The highest BCUT2D eigenvalue weighted by atomic mass is 16.2. The first-order valence-corrected chi connectivity index (χ1v) is 6.55. The second-order valence-electron chi connectivity index (χ2n) is 4.94. The molecule has 0 unspecified atom stereocenters. The Labute approximate surface area is 108 Å². The molecular weight excluding hydrogens is 226 g/mol. The van der Waals surface area contributed by atoms with Crippen LogP contribution in [0, 0.1) is 6.92 Å². The van der Waals surface area contributed by atoms with Gasteiger partial charge in [0.25, 0.3) is 0 Å². The summed E-state index contributed by atoms with van der Waals surface area (Å²) in [5.41, 5.74) is 8.71. The molecule has 2 amide bonds. The van der Waals surface area contributed by atoms with E-state index in [4.69, 9.17) is 5.73 Å². The van der Waals surface area contributed by atoms with Gasteiger partial charge in [-0.1, -0.05) is 25.0 Å². The Kier molecular flexibility index (Phi) is 4.07. The number of urea groups is 1. The summed E-state index contributed by atoms with van der Waals surface area (Å²) in [5.74, 6) is 0. The maximum absolute atomic E-state index is 11.7. The highest BCUT2D eigenvalue weighted by Gasteiger charge is 2.16. The van der Waals surface area contributed by atoms with Crippen LogP contribution in [-0.2, 0) is 6.54 Å². The van der Waals surface area contributed by atoms with E-state index in [9.17, 15) is 4.79 Å². The van der Waals surface area contributed by atoms with Crippen molar-refractivity contribution in [2.75, 3.05) is 5.73 Å². The molecule has 1 aliphatic rings. The van der Waals surface area contributed by atoms with E-state index in [0.29, 0.717) is 12.6 Å². The van der Waals surface area contributed by atoms with E-state index in [-0.39, 0.29) is 6.03 Å². The fourth-order valence-electron chi connectivity index (χ4n) is 2.38. The number of anilines is 1. The van der Waals surface area contributed by atoms with Crippen molar-refractivity contribution in [1.82, 2.24) is 10.6 Å². The first-order chi connectivity index (χ1) is 8.66. The normalized spacial score (nSPS) is 15.6. The molecule has 1 aromatic rings. The van der Waals surface area contributed by atoms with E-state index < -0.39 is 0 Å². The number of carbonyl (C=O) groups is 1. The summed E-state index contributed by atoms with van der Waals surface area (Å²) in [6, 6.07) is 6.04.